The zero-order valence-electron chi connectivity index (χ0n) is 9.00. The average molecular weight is 205 g/mol. The third-order valence-corrected chi connectivity index (χ3v) is 3.08. The Hall–Kier alpha value is -1.22. The highest BCUT2D eigenvalue weighted by Gasteiger charge is 2.17. The molecular formula is C12H19N3. The normalized spacial score (nSPS) is 22.3. The van der Waals surface area contributed by atoms with Crippen molar-refractivity contribution in [2.45, 2.75) is 31.7 Å². The summed E-state index contributed by atoms with van der Waals surface area (Å²) in [5.74, 6) is 0. The van der Waals surface area contributed by atoms with Crippen molar-refractivity contribution in [1.82, 2.24) is 5.32 Å². The molecule has 1 saturated heterocycles. The number of nitrogen functional groups attached to an aromatic ring is 2. The van der Waals surface area contributed by atoms with E-state index < -0.39 is 0 Å². The predicted molar refractivity (Wildman–Crippen MR) is 64.5 cm³/mol. The van der Waals surface area contributed by atoms with Crippen LogP contribution in [0, 0.1) is 0 Å². The second-order valence-corrected chi connectivity index (χ2v) is 4.21. The van der Waals surface area contributed by atoms with Crippen LogP contribution >= 0.6 is 0 Å². The van der Waals surface area contributed by atoms with Gasteiger partial charge < -0.3 is 16.8 Å². The molecule has 2 rings (SSSR count). The summed E-state index contributed by atoms with van der Waals surface area (Å²) in [6.45, 7) is 1.07. The summed E-state index contributed by atoms with van der Waals surface area (Å²) in [4.78, 5) is 0. The van der Waals surface area contributed by atoms with Gasteiger partial charge in [0.25, 0.3) is 0 Å². The molecule has 0 spiro atoms. The maximum atomic E-state index is 5.98. The summed E-state index contributed by atoms with van der Waals surface area (Å²) in [6, 6.07) is 6.11. The SMILES string of the molecule is Nc1cccc(N)c1C1CCCCCN1. The molecule has 5 N–H and O–H groups in total. The zero-order chi connectivity index (χ0) is 10.7. The molecule has 3 nitrogen and oxygen atoms in total. The van der Waals surface area contributed by atoms with Crippen LogP contribution in [-0.2, 0) is 0 Å². The Bertz CT molecular complexity index is 307. The van der Waals surface area contributed by atoms with Crippen LogP contribution in [0.1, 0.15) is 37.3 Å². The van der Waals surface area contributed by atoms with Crippen LogP contribution in [0.4, 0.5) is 11.4 Å². The van der Waals surface area contributed by atoms with Gasteiger partial charge in [-0.2, -0.15) is 0 Å². The lowest BCUT2D eigenvalue weighted by atomic mass is 9.99. The van der Waals surface area contributed by atoms with Gasteiger partial charge in [0.1, 0.15) is 0 Å². The number of hydrogen-bond donors (Lipinski definition) is 3. The molecule has 0 radical (unpaired) electrons. The molecule has 1 fully saturated rings. The van der Waals surface area contributed by atoms with Gasteiger partial charge in [-0.05, 0) is 31.5 Å². The molecule has 1 aliphatic rings. The van der Waals surface area contributed by atoms with Gasteiger partial charge in [0.2, 0.25) is 0 Å². The standard InChI is InChI=1S/C12H19N3/c13-9-5-4-6-10(14)12(9)11-7-2-1-3-8-15-11/h4-6,11,15H,1-3,7-8,13-14H2. The second-order valence-electron chi connectivity index (χ2n) is 4.21. The van der Waals surface area contributed by atoms with E-state index in [1.54, 1.807) is 0 Å². The minimum atomic E-state index is 0.341. The fourth-order valence-electron chi connectivity index (χ4n) is 2.28. The van der Waals surface area contributed by atoms with Gasteiger partial charge in [-0.1, -0.05) is 18.9 Å². The Morgan fingerprint density at radius 3 is 2.53 bits per heavy atom. The topological polar surface area (TPSA) is 64.1 Å². The molecule has 15 heavy (non-hydrogen) atoms. The van der Waals surface area contributed by atoms with Crippen molar-refractivity contribution in [1.29, 1.82) is 0 Å². The van der Waals surface area contributed by atoms with Crippen molar-refractivity contribution in [3.05, 3.63) is 23.8 Å². The Labute approximate surface area is 90.8 Å². The van der Waals surface area contributed by atoms with Crippen molar-refractivity contribution in [2.75, 3.05) is 18.0 Å². The predicted octanol–water partition coefficient (Wildman–Crippen LogP) is 2.06. The Balaban J connectivity index is 2.26. The van der Waals surface area contributed by atoms with Crippen LogP contribution in [-0.4, -0.2) is 6.54 Å². The highest BCUT2D eigenvalue weighted by Crippen LogP contribution is 2.31. The number of rotatable bonds is 1. The third kappa shape index (κ3) is 2.23. The Morgan fingerprint density at radius 1 is 1.07 bits per heavy atom. The number of hydrogen-bond acceptors (Lipinski definition) is 3. The molecule has 1 aromatic rings. The largest absolute Gasteiger partial charge is 0.398 e. The van der Waals surface area contributed by atoms with Crippen molar-refractivity contribution in [3.63, 3.8) is 0 Å². The van der Waals surface area contributed by atoms with Crippen molar-refractivity contribution >= 4 is 11.4 Å². The first-order chi connectivity index (χ1) is 7.29. The minimum absolute atomic E-state index is 0.341. The minimum Gasteiger partial charge on any atom is -0.398 e. The first kappa shape index (κ1) is 10.3. The number of nitrogens with one attached hydrogen (secondary N) is 1. The van der Waals surface area contributed by atoms with Crippen LogP contribution in [0.2, 0.25) is 0 Å². The summed E-state index contributed by atoms with van der Waals surface area (Å²) in [7, 11) is 0. The van der Waals surface area contributed by atoms with E-state index in [1.165, 1.54) is 19.3 Å². The lowest BCUT2D eigenvalue weighted by Crippen LogP contribution is -2.22. The summed E-state index contributed by atoms with van der Waals surface area (Å²) in [5.41, 5.74) is 14.7. The first-order valence-corrected chi connectivity index (χ1v) is 5.66. The number of anilines is 2. The molecule has 0 aromatic heterocycles. The van der Waals surface area contributed by atoms with Crippen molar-refractivity contribution in [3.8, 4) is 0 Å². The molecule has 82 valence electrons. The van der Waals surface area contributed by atoms with Crippen LogP contribution in [0.25, 0.3) is 0 Å². The first-order valence-electron chi connectivity index (χ1n) is 5.66. The smallest absolute Gasteiger partial charge is 0.0383 e. The van der Waals surface area contributed by atoms with Gasteiger partial charge in [-0.25, -0.2) is 0 Å². The average Bonchev–Trinajstić information content (AvgIpc) is 2.46. The second kappa shape index (κ2) is 4.53. The van der Waals surface area contributed by atoms with E-state index in [-0.39, 0.29) is 0 Å². The lowest BCUT2D eigenvalue weighted by molar-refractivity contribution is 0.537. The molecule has 1 aromatic carbocycles. The lowest BCUT2D eigenvalue weighted by Gasteiger charge is -2.20. The van der Waals surface area contributed by atoms with E-state index >= 15 is 0 Å². The van der Waals surface area contributed by atoms with E-state index in [0.29, 0.717) is 6.04 Å². The van der Waals surface area contributed by atoms with Gasteiger partial charge in [0, 0.05) is 23.0 Å². The van der Waals surface area contributed by atoms with Crippen LogP contribution in [0.5, 0.6) is 0 Å². The maximum Gasteiger partial charge on any atom is 0.0383 e. The molecule has 0 amide bonds. The van der Waals surface area contributed by atoms with Crippen LogP contribution < -0.4 is 16.8 Å². The van der Waals surface area contributed by atoms with E-state index in [1.807, 2.05) is 18.2 Å². The molecule has 1 unspecified atom stereocenters. The Kier molecular flexibility index (Phi) is 3.11. The summed E-state index contributed by atoms with van der Waals surface area (Å²) >= 11 is 0. The molecule has 0 bridgehead atoms. The highest BCUT2D eigenvalue weighted by atomic mass is 14.9. The van der Waals surface area contributed by atoms with Gasteiger partial charge in [0.05, 0.1) is 0 Å². The quantitative estimate of drug-likeness (QED) is 0.615. The summed E-state index contributed by atoms with van der Waals surface area (Å²) in [5, 5.41) is 3.52. The monoisotopic (exact) mass is 205 g/mol. The van der Waals surface area contributed by atoms with Crippen molar-refractivity contribution in [2.24, 2.45) is 0 Å². The molecule has 1 atom stereocenters. The summed E-state index contributed by atoms with van der Waals surface area (Å²) < 4.78 is 0. The van der Waals surface area contributed by atoms with Crippen LogP contribution in [0.3, 0.4) is 0 Å². The maximum absolute atomic E-state index is 5.98. The zero-order valence-corrected chi connectivity index (χ0v) is 9.00. The van der Waals surface area contributed by atoms with E-state index in [2.05, 4.69) is 5.32 Å². The summed E-state index contributed by atoms with van der Waals surface area (Å²) in [6.07, 6.45) is 4.95. The number of nitrogens with two attached hydrogens (primary N) is 2. The highest BCUT2D eigenvalue weighted by molar-refractivity contribution is 5.62. The van der Waals surface area contributed by atoms with Gasteiger partial charge >= 0.3 is 0 Å². The molecular weight excluding hydrogens is 186 g/mol. The third-order valence-electron chi connectivity index (χ3n) is 3.08. The van der Waals surface area contributed by atoms with E-state index in [4.69, 9.17) is 11.5 Å². The molecule has 0 saturated carbocycles. The van der Waals surface area contributed by atoms with Gasteiger partial charge in [-0.15, -0.1) is 0 Å². The van der Waals surface area contributed by atoms with E-state index in [0.717, 1.165) is 29.9 Å². The number of benzene rings is 1. The molecule has 0 aliphatic carbocycles. The van der Waals surface area contributed by atoms with Crippen LogP contribution in [0.15, 0.2) is 18.2 Å². The molecule has 1 heterocycles. The fourth-order valence-corrected chi connectivity index (χ4v) is 2.28. The van der Waals surface area contributed by atoms with E-state index in [9.17, 15) is 0 Å². The Morgan fingerprint density at radius 2 is 1.80 bits per heavy atom. The van der Waals surface area contributed by atoms with Gasteiger partial charge in [0.15, 0.2) is 0 Å². The molecule has 1 aliphatic heterocycles. The van der Waals surface area contributed by atoms with Gasteiger partial charge in [-0.3, -0.25) is 0 Å². The fraction of sp³-hybridized carbons (Fsp3) is 0.500. The van der Waals surface area contributed by atoms with Crippen molar-refractivity contribution < 1.29 is 0 Å². The molecule has 3 heteroatoms.